The molecule has 118 valence electrons. The van der Waals surface area contributed by atoms with Crippen molar-refractivity contribution in [2.45, 2.75) is 52.5 Å². The van der Waals surface area contributed by atoms with Gasteiger partial charge in [0.1, 0.15) is 0 Å². The van der Waals surface area contributed by atoms with Gasteiger partial charge in [-0.25, -0.2) is 0 Å². The molecule has 0 aromatic carbocycles. The maximum Gasteiger partial charge on any atom is 0.0522 e. The molecule has 1 aromatic heterocycles. The first-order valence-corrected chi connectivity index (χ1v) is 8.23. The fourth-order valence-corrected chi connectivity index (χ4v) is 2.84. The van der Waals surface area contributed by atoms with Gasteiger partial charge in [0.05, 0.1) is 6.20 Å². The molecule has 1 aromatic rings. The largest absolute Gasteiger partial charge is 0.314 e. The maximum atomic E-state index is 4.07. The van der Waals surface area contributed by atoms with Gasteiger partial charge in [-0.1, -0.05) is 11.6 Å². The summed E-state index contributed by atoms with van der Waals surface area (Å²) >= 11 is 0. The number of nitrogens with zero attached hydrogens (tertiary/aromatic N) is 2. The SMILES string of the molecule is CC(C)=CCN1CCC(NCCCc2cn[nH]c2C)CC1. The number of nitrogens with one attached hydrogen (secondary N) is 2. The summed E-state index contributed by atoms with van der Waals surface area (Å²) < 4.78 is 0. The number of hydrogen-bond acceptors (Lipinski definition) is 3. The first-order valence-electron chi connectivity index (χ1n) is 8.23. The maximum absolute atomic E-state index is 4.07. The molecular formula is C17H30N4. The van der Waals surface area contributed by atoms with Gasteiger partial charge >= 0.3 is 0 Å². The van der Waals surface area contributed by atoms with Crippen molar-refractivity contribution < 1.29 is 0 Å². The van der Waals surface area contributed by atoms with Crippen LogP contribution in [0.25, 0.3) is 0 Å². The third-order valence-electron chi connectivity index (χ3n) is 4.34. The molecule has 0 unspecified atom stereocenters. The van der Waals surface area contributed by atoms with Gasteiger partial charge in [0.15, 0.2) is 0 Å². The van der Waals surface area contributed by atoms with Crippen LogP contribution in [0.2, 0.25) is 0 Å². The lowest BCUT2D eigenvalue weighted by Crippen LogP contribution is -2.42. The first kappa shape index (κ1) is 16.2. The van der Waals surface area contributed by atoms with Gasteiger partial charge in [-0.2, -0.15) is 5.10 Å². The number of H-pyrrole nitrogens is 1. The van der Waals surface area contributed by atoms with Crippen LogP contribution in [0.4, 0.5) is 0 Å². The third kappa shape index (κ3) is 5.64. The Labute approximate surface area is 129 Å². The van der Waals surface area contributed by atoms with Crippen LogP contribution < -0.4 is 5.32 Å². The summed E-state index contributed by atoms with van der Waals surface area (Å²) in [5, 5.41) is 10.8. The molecule has 0 saturated carbocycles. The minimum absolute atomic E-state index is 0.707. The Morgan fingerprint density at radius 1 is 1.43 bits per heavy atom. The van der Waals surface area contributed by atoms with Gasteiger partial charge < -0.3 is 5.32 Å². The van der Waals surface area contributed by atoms with E-state index in [0.717, 1.165) is 19.5 Å². The van der Waals surface area contributed by atoms with Crippen LogP contribution >= 0.6 is 0 Å². The van der Waals surface area contributed by atoms with Crippen molar-refractivity contribution in [2.75, 3.05) is 26.2 Å². The Hall–Kier alpha value is -1.13. The Kier molecular flexibility index (Phi) is 6.46. The lowest BCUT2D eigenvalue weighted by molar-refractivity contribution is 0.215. The van der Waals surface area contributed by atoms with Crippen molar-refractivity contribution in [3.05, 3.63) is 29.1 Å². The van der Waals surface area contributed by atoms with Crippen LogP contribution in [0.3, 0.4) is 0 Å². The molecule has 1 saturated heterocycles. The highest BCUT2D eigenvalue weighted by atomic mass is 15.1. The number of aromatic amines is 1. The van der Waals surface area contributed by atoms with Crippen LogP contribution in [-0.2, 0) is 6.42 Å². The fourth-order valence-electron chi connectivity index (χ4n) is 2.84. The molecular weight excluding hydrogens is 260 g/mol. The van der Waals surface area contributed by atoms with Gasteiger partial charge in [-0.3, -0.25) is 10.00 Å². The Bertz CT molecular complexity index is 437. The number of rotatable bonds is 7. The summed E-state index contributed by atoms with van der Waals surface area (Å²) in [6.07, 6.45) is 9.16. The zero-order valence-electron chi connectivity index (χ0n) is 13.8. The number of aryl methyl sites for hydroxylation is 2. The van der Waals surface area contributed by atoms with E-state index in [1.165, 1.54) is 49.2 Å². The highest BCUT2D eigenvalue weighted by molar-refractivity contribution is 5.14. The quantitative estimate of drug-likeness (QED) is 0.599. The Morgan fingerprint density at radius 2 is 2.19 bits per heavy atom. The molecule has 1 aliphatic rings. The topological polar surface area (TPSA) is 44.0 Å². The summed E-state index contributed by atoms with van der Waals surface area (Å²) in [5.74, 6) is 0. The van der Waals surface area contributed by atoms with Gasteiger partial charge in [0, 0.05) is 18.3 Å². The monoisotopic (exact) mass is 290 g/mol. The molecule has 2 heterocycles. The predicted octanol–water partition coefficient (Wildman–Crippen LogP) is 2.67. The van der Waals surface area contributed by atoms with E-state index < -0.39 is 0 Å². The van der Waals surface area contributed by atoms with E-state index in [9.17, 15) is 0 Å². The van der Waals surface area contributed by atoms with E-state index >= 15 is 0 Å². The van der Waals surface area contributed by atoms with Crippen molar-refractivity contribution in [2.24, 2.45) is 0 Å². The molecule has 4 nitrogen and oxygen atoms in total. The molecule has 0 spiro atoms. The van der Waals surface area contributed by atoms with Gasteiger partial charge in [-0.05, 0) is 71.7 Å². The Balaban J connectivity index is 1.57. The number of aromatic nitrogens is 2. The van der Waals surface area contributed by atoms with Crippen LogP contribution in [0.1, 0.15) is 44.4 Å². The molecule has 0 atom stereocenters. The van der Waals surface area contributed by atoms with Crippen molar-refractivity contribution in [3.63, 3.8) is 0 Å². The highest BCUT2D eigenvalue weighted by Gasteiger charge is 2.17. The molecule has 2 rings (SSSR count). The van der Waals surface area contributed by atoms with Crippen molar-refractivity contribution in [1.82, 2.24) is 20.4 Å². The van der Waals surface area contributed by atoms with Gasteiger partial charge in [0.25, 0.3) is 0 Å². The van der Waals surface area contributed by atoms with E-state index in [2.05, 4.69) is 47.3 Å². The van der Waals surface area contributed by atoms with E-state index in [-0.39, 0.29) is 0 Å². The molecule has 0 bridgehead atoms. The lowest BCUT2D eigenvalue weighted by atomic mass is 10.0. The zero-order valence-corrected chi connectivity index (χ0v) is 13.8. The molecule has 0 aliphatic carbocycles. The smallest absolute Gasteiger partial charge is 0.0522 e. The van der Waals surface area contributed by atoms with Crippen molar-refractivity contribution >= 4 is 0 Å². The average molecular weight is 290 g/mol. The minimum Gasteiger partial charge on any atom is -0.314 e. The summed E-state index contributed by atoms with van der Waals surface area (Å²) in [6.45, 7) is 11.1. The summed E-state index contributed by atoms with van der Waals surface area (Å²) in [4.78, 5) is 2.56. The van der Waals surface area contributed by atoms with E-state index in [4.69, 9.17) is 0 Å². The third-order valence-corrected chi connectivity index (χ3v) is 4.34. The fraction of sp³-hybridized carbons (Fsp3) is 0.706. The molecule has 1 aliphatic heterocycles. The van der Waals surface area contributed by atoms with Crippen LogP contribution in [0, 0.1) is 6.92 Å². The number of allylic oxidation sites excluding steroid dienone is 1. The summed E-state index contributed by atoms with van der Waals surface area (Å²) in [5.41, 5.74) is 3.99. The zero-order chi connectivity index (χ0) is 15.1. The van der Waals surface area contributed by atoms with Crippen LogP contribution in [0.15, 0.2) is 17.8 Å². The number of piperidine rings is 1. The molecule has 0 radical (unpaired) electrons. The number of hydrogen-bond donors (Lipinski definition) is 2. The molecule has 21 heavy (non-hydrogen) atoms. The lowest BCUT2D eigenvalue weighted by Gasteiger charge is -2.31. The van der Waals surface area contributed by atoms with E-state index in [1.54, 1.807) is 0 Å². The summed E-state index contributed by atoms with van der Waals surface area (Å²) in [6, 6.07) is 0.707. The van der Waals surface area contributed by atoms with Gasteiger partial charge in [-0.15, -0.1) is 0 Å². The van der Waals surface area contributed by atoms with Crippen molar-refractivity contribution in [3.8, 4) is 0 Å². The standard InChI is InChI=1S/C17H30N4/c1-14(2)6-10-21-11-7-17(8-12-21)18-9-4-5-16-13-19-20-15(16)3/h6,13,17-18H,4-5,7-12H2,1-3H3,(H,19,20). The molecule has 2 N–H and O–H groups in total. The van der Waals surface area contributed by atoms with Crippen LogP contribution in [-0.4, -0.2) is 47.3 Å². The van der Waals surface area contributed by atoms with E-state index in [1.807, 2.05) is 6.20 Å². The average Bonchev–Trinajstić information content (AvgIpc) is 2.88. The molecule has 1 fully saturated rings. The predicted molar refractivity (Wildman–Crippen MR) is 88.5 cm³/mol. The highest BCUT2D eigenvalue weighted by Crippen LogP contribution is 2.11. The Morgan fingerprint density at radius 3 is 2.81 bits per heavy atom. The van der Waals surface area contributed by atoms with Crippen molar-refractivity contribution in [1.29, 1.82) is 0 Å². The molecule has 0 amide bonds. The van der Waals surface area contributed by atoms with E-state index in [0.29, 0.717) is 6.04 Å². The van der Waals surface area contributed by atoms with Crippen LogP contribution in [0.5, 0.6) is 0 Å². The first-order chi connectivity index (χ1) is 10.1. The second-order valence-corrected chi connectivity index (χ2v) is 6.43. The number of likely N-dealkylation sites (tertiary alicyclic amines) is 1. The normalized spacial score (nSPS) is 17.1. The van der Waals surface area contributed by atoms with Gasteiger partial charge in [0.2, 0.25) is 0 Å². The molecule has 4 heteroatoms. The second-order valence-electron chi connectivity index (χ2n) is 6.43. The minimum atomic E-state index is 0.707. The summed E-state index contributed by atoms with van der Waals surface area (Å²) in [7, 11) is 0. The second kappa shape index (κ2) is 8.35.